The second kappa shape index (κ2) is 4.42. The van der Waals surface area contributed by atoms with Crippen LogP contribution in [0.4, 0.5) is 0 Å². The monoisotopic (exact) mass is 211 g/mol. The van der Waals surface area contributed by atoms with E-state index in [1.807, 2.05) is 0 Å². The molecule has 15 heavy (non-hydrogen) atoms. The Balaban J connectivity index is 2.08. The summed E-state index contributed by atoms with van der Waals surface area (Å²) in [5, 5.41) is 3.57. The molecule has 4 atom stereocenters. The molecule has 1 saturated heterocycles. The van der Waals surface area contributed by atoms with Gasteiger partial charge in [0.25, 0.3) is 0 Å². The van der Waals surface area contributed by atoms with Gasteiger partial charge in [0.05, 0.1) is 11.7 Å². The largest absolute Gasteiger partial charge is 0.369 e. The van der Waals surface area contributed by atoms with Gasteiger partial charge in [0.15, 0.2) is 0 Å². The Morgan fingerprint density at radius 3 is 2.87 bits per heavy atom. The highest BCUT2D eigenvalue weighted by Crippen LogP contribution is 2.41. The molecule has 4 unspecified atom stereocenters. The summed E-state index contributed by atoms with van der Waals surface area (Å²) < 4.78 is 6.38. The first-order valence-corrected chi connectivity index (χ1v) is 6.55. The van der Waals surface area contributed by atoms with Crippen molar-refractivity contribution in [1.29, 1.82) is 0 Å². The van der Waals surface area contributed by atoms with E-state index < -0.39 is 0 Å². The standard InChI is InChI=1S/C13H25NO/c1-4-12-8-14-9-13(15-12)7-10(2)5-6-11(13)3/h10-12,14H,4-9H2,1-3H3. The van der Waals surface area contributed by atoms with Crippen LogP contribution in [0.1, 0.15) is 46.5 Å². The Morgan fingerprint density at radius 1 is 1.33 bits per heavy atom. The van der Waals surface area contributed by atoms with Gasteiger partial charge < -0.3 is 10.1 Å². The van der Waals surface area contributed by atoms with E-state index in [1.54, 1.807) is 0 Å². The molecule has 2 rings (SSSR count). The highest BCUT2D eigenvalue weighted by molar-refractivity contribution is 4.97. The number of ether oxygens (including phenoxy) is 1. The summed E-state index contributed by atoms with van der Waals surface area (Å²) in [4.78, 5) is 0. The third-order valence-electron chi connectivity index (χ3n) is 4.34. The van der Waals surface area contributed by atoms with Gasteiger partial charge >= 0.3 is 0 Å². The van der Waals surface area contributed by atoms with Crippen LogP contribution in [-0.4, -0.2) is 24.8 Å². The van der Waals surface area contributed by atoms with Crippen LogP contribution in [-0.2, 0) is 4.74 Å². The van der Waals surface area contributed by atoms with Crippen molar-refractivity contribution in [2.24, 2.45) is 11.8 Å². The fraction of sp³-hybridized carbons (Fsp3) is 1.00. The summed E-state index contributed by atoms with van der Waals surface area (Å²) in [7, 11) is 0. The molecule has 1 heterocycles. The van der Waals surface area contributed by atoms with E-state index in [2.05, 4.69) is 26.1 Å². The van der Waals surface area contributed by atoms with Gasteiger partial charge in [0.2, 0.25) is 0 Å². The molecule has 1 aliphatic heterocycles. The molecule has 2 fully saturated rings. The molecule has 0 aromatic heterocycles. The Bertz CT molecular complexity index is 219. The molecule has 1 spiro atoms. The molecule has 2 aliphatic rings. The van der Waals surface area contributed by atoms with Gasteiger partial charge in [0.1, 0.15) is 0 Å². The Labute approximate surface area is 93.8 Å². The van der Waals surface area contributed by atoms with Crippen LogP contribution in [0.3, 0.4) is 0 Å². The summed E-state index contributed by atoms with van der Waals surface area (Å²) in [5.41, 5.74) is 0.149. The lowest BCUT2D eigenvalue weighted by Gasteiger charge is -2.49. The molecule has 0 aromatic rings. The van der Waals surface area contributed by atoms with Crippen LogP contribution >= 0.6 is 0 Å². The number of morpholine rings is 1. The summed E-state index contributed by atoms with van der Waals surface area (Å²) in [5.74, 6) is 1.55. The summed E-state index contributed by atoms with van der Waals surface area (Å²) in [6.45, 7) is 9.06. The van der Waals surface area contributed by atoms with E-state index in [0.717, 1.165) is 31.3 Å². The average molecular weight is 211 g/mol. The van der Waals surface area contributed by atoms with E-state index >= 15 is 0 Å². The fourth-order valence-corrected chi connectivity index (χ4v) is 3.19. The topological polar surface area (TPSA) is 21.3 Å². The van der Waals surface area contributed by atoms with Crippen LogP contribution in [0, 0.1) is 11.8 Å². The molecular formula is C13H25NO. The van der Waals surface area contributed by atoms with Crippen LogP contribution in [0.15, 0.2) is 0 Å². The fourth-order valence-electron chi connectivity index (χ4n) is 3.19. The van der Waals surface area contributed by atoms with Crippen molar-refractivity contribution in [2.45, 2.75) is 58.2 Å². The van der Waals surface area contributed by atoms with E-state index in [-0.39, 0.29) is 5.60 Å². The van der Waals surface area contributed by atoms with Gasteiger partial charge in [-0.05, 0) is 31.1 Å². The molecule has 1 aliphatic carbocycles. The molecule has 1 saturated carbocycles. The van der Waals surface area contributed by atoms with E-state index in [0.29, 0.717) is 6.10 Å². The highest BCUT2D eigenvalue weighted by Gasteiger charge is 2.44. The smallest absolute Gasteiger partial charge is 0.0838 e. The third-order valence-corrected chi connectivity index (χ3v) is 4.34. The van der Waals surface area contributed by atoms with Crippen molar-refractivity contribution in [3.8, 4) is 0 Å². The molecule has 2 nitrogen and oxygen atoms in total. The van der Waals surface area contributed by atoms with Gasteiger partial charge in [-0.25, -0.2) is 0 Å². The molecule has 88 valence electrons. The third kappa shape index (κ3) is 2.21. The SMILES string of the molecule is CCC1CNCC2(CC(C)CCC2C)O1. The first-order chi connectivity index (χ1) is 7.16. The highest BCUT2D eigenvalue weighted by atomic mass is 16.5. The zero-order chi connectivity index (χ0) is 10.9. The molecule has 0 amide bonds. The van der Waals surface area contributed by atoms with Gasteiger partial charge in [0, 0.05) is 13.1 Å². The lowest BCUT2D eigenvalue weighted by atomic mass is 9.71. The van der Waals surface area contributed by atoms with Crippen LogP contribution < -0.4 is 5.32 Å². The van der Waals surface area contributed by atoms with Crippen molar-refractivity contribution in [2.75, 3.05) is 13.1 Å². The van der Waals surface area contributed by atoms with Crippen molar-refractivity contribution >= 4 is 0 Å². The maximum atomic E-state index is 6.38. The normalized spacial score (nSPS) is 47.0. The van der Waals surface area contributed by atoms with E-state index in [1.165, 1.54) is 19.3 Å². The zero-order valence-electron chi connectivity index (χ0n) is 10.4. The number of nitrogens with one attached hydrogen (secondary N) is 1. The van der Waals surface area contributed by atoms with E-state index in [9.17, 15) is 0 Å². The Morgan fingerprint density at radius 2 is 2.13 bits per heavy atom. The van der Waals surface area contributed by atoms with Crippen molar-refractivity contribution in [3.63, 3.8) is 0 Å². The lowest BCUT2D eigenvalue weighted by molar-refractivity contribution is -0.167. The maximum absolute atomic E-state index is 6.38. The van der Waals surface area contributed by atoms with Crippen LogP contribution in [0.2, 0.25) is 0 Å². The number of hydrogen-bond acceptors (Lipinski definition) is 2. The second-order valence-electron chi connectivity index (χ2n) is 5.63. The molecule has 2 heteroatoms. The summed E-state index contributed by atoms with van der Waals surface area (Å²) in [6.07, 6.45) is 5.53. The quantitative estimate of drug-likeness (QED) is 0.720. The number of hydrogen-bond donors (Lipinski definition) is 1. The van der Waals surface area contributed by atoms with Crippen LogP contribution in [0.25, 0.3) is 0 Å². The molecule has 0 radical (unpaired) electrons. The van der Waals surface area contributed by atoms with Gasteiger partial charge in [-0.15, -0.1) is 0 Å². The summed E-state index contributed by atoms with van der Waals surface area (Å²) >= 11 is 0. The number of rotatable bonds is 1. The zero-order valence-corrected chi connectivity index (χ0v) is 10.4. The summed E-state index contributed by atoms with van der Waals surface area (Å²) in [6, 6.07) is 0. The molecule has 1 N–H and O–H groups in total. The minimum Gasteiger partial charge on any atom is -0.369 e. The maximum Gasteiger partial charge on any atom is 0.0838 e. The Kier molecular flexibility index (Phi) is 3.36. The van der Waals surface area contributed by atoms with Crippen LogP contribution in [0.5, 0.6) is 0 Å². The predicted octanol–water partition coefficient (Wildman–Crippen LogP) is 2.58. The van der Waals surface area contributed by atoms with Crippen molar-refractivity contribution in [1.82, 2.24) is 5.32 Å². The van der Waals surface area contributed by atoms with Gasteiger partial charge in [-0.1, -0.05) is 27.2 Å². The van der Waals surface area contributed by atoms with Gasteiger partial charge in [-0.3, -0.25) is 0 Å². The molecule has 0 bridgehead atoms. The minimum absolute atomic E-state index is 0.149. The Hall–Kier alpha value is -0.0800. The van der Waals surface area contributed by atoms with Crippen molar-refractivity contribution < 1.29 is 4.74 Å². The molecular weight excluding hydrogens is 186 g/mol. The first kappa shape index (κ1) is 11.4. The second-order valence-corrected chi connectivity index (χ2v) is 5.63. The first-order valence-electron chi connectivity index (χ1n) is 6.55. The van der Waals surface area contributed by atoms with Gasteiger partial charge in [-0.2, -0.15) is 0 Å². The lowest BCUT2D eigenvalue weighted by Crippen LogP contribution is -2.59. The predicted molar refractivity (Wildman–Crippen MR) is 62.9 cm³/mol. The molecule has 0 aromatic carbocycles. The average Bonchev–Trinajstić information content (AvgIpc) is 2.24. The van der Waals surface area contributed by atoms with E-state index in [4.69, 9.17) is 4.74 Å². The van der Waals surface area contributed by atoms with Crippen molar-refractivity contribution in [3.05, 3.63) is 0 Å². The minimum atomic E-state index is 0.149.